The second-order valence-corrected chi connectivity index (χ2v) is 6.36. The van der Waals surface area contributed by atoms with Gasteiger partial charge in [-0.25, -0.2) is 9.97 Å². The molecule has 120 valence electrons. The second kappa shape index (κ2) is 5.11. The van der Waals surface area contributed by atoms with Crippen LogP contribution in [0, 0.1) is 13.8 Å². The zero-order valence-electron chi connectivity index (χ0n) is 14.1. The highest BCUT2D eigenvalue weighted by atomic mass is 15.1. The minimum Gasteiger partial charge on any atom is -0.281 e. The molecule has 0 aliphatic rings. The maximum Gasteiger partial charge on any atom is 0.165 e. The Kier molecular flexibility index (Phi) is 2.88. The van der Waals surface area contributed by atoms with Crippen molar-refractivity contribution in [3.63, 3.8) is 0 Å². The smallest absolute Gasteiger partial charge is 0.165 e. The molecular formula is C21H16N4. The number of hydrogen-bond acceptors (Lipinski definition) is 3. The number of aromatic nitrogens is 4. The Hall–Kier alpha value is -3.27. The van der Waals surface area contributed by atoms with Gasteiger partial charge in [-0.3, -0.25) is 9.38 Å². The summed E-state index contributed by atoms with van der Waals surface area (Å²) in [4.78, 5) is 14.1. The van der Waals surface area contributed by atoms with E-state index in [1.165, 1.54) is 16.7 Å². The lowest BCUT2D eigenvalue weighted by Gasteiger charge is -2.05. The van der Waals surface area contributed by atoms with Gasteiger partial charge in [0, 0.05) is 34.9 Å². The zero-order valence-corrected chi connectivity index (χ0v) is 14.1. The van der Waals surface area contributed by atoms with Gasteiger partial charge < -0.3 is 0 Å². The summed E-state index contributed by atoms with van der Waals surface area (Å²) in [6.45, 7) is 4.25. The molecule has 0 unspecified atom stereocenters. The molecule has 0 amide bonds. The van der Waals surface area contributed by atoms with Crippen LogP contribution < -0.4 is 0 Å². The normalized spacial score (nSPS) is 11.6. The largest absolute Gasteiger partial charge is 0.281 e. The number of benzene rings is 2. The van der Waals surface area contributed by atoms with Crippen LogP contribution in [0.4, 0.5) is 0 Å². The average Bonchev–Trinajstić information content (AvgIpc) is 3.07. The maximum atomic E-state index is 4.98. The molecule has 5 rings (SSSR count). The van der Waals surface area contributed by atoms with Crippen molar-refractivity contribution < 1.29 is 0 Å². The van der Waals surface area contributed by atoms with E-state index >= 15 is 0 Å². The van der Waals surface area contributed by atoms with Gasteiger partial charge in [0.15, 0.2) is 5.65 Å². The Morgan fingerprint density at radius 2 is 1.48 bits per heavy atom. The van der Waals surface area contributed by atoms with Crippen LogP contribution in [-0.4, -0.2) is 19.4 Å². The molecule has 0 atom stereocenters. The minimum atomic E-state index is 0.834. The van der Waals surface area contributed by atoms with E-state index < -0.39 is 0 Å². The van der Waals surface area contributed by atoms with Crippen LogP contribution in [0.5, 0.6) is 0 Å². The quantitative estimate of drug-likeness (QED) is 0.419. The van der Waals surface area contributed by atoms with E-state index in [4.69, 9.17) is 4.98 Å². The Bertz CT molecular complexity index is 1170. The van der Waals surface area contributed by atoms with Crippen molar-refractivity contribution in [1.82, 2.24) is 19.4 Å². The third-order valence-corrected chi connectivity index (χ3v) is 4.77. The lowest BCUT2D eigenvalue weighted by molar-refractivity contribution is 1.17. The van der Waals surface area contributed by atoms with Crippen molar-refractivity contribution in [2.45, 2.75) is 13.8 Å². The van der Waals surface area contributed by atoms with Crippen LogP contribution in [-0.2, 0) is 0 Å². The van der Waals surface area contributed by atoms with Gasteiger partial charge in [-0.05, 0) is 25.0 Å². The number of imidazole rings is 1. The highest BCUT2D eigenvalue weighted by Gasteiger charge is 2.15. The van der Waals surface area contributed by atoms with Gasteiger partial charge in [0.1, 0.15) is 11.2 Å². The highest BCUT2D eigenvalue weighted by molar-refractivity contribution is 6.09. The molecule has 0 saturated heterocycles. The number of nitrogens with zero attached hydrogens (tertiary/aromatic N) is 4. The predicted molar refractivity (Wildman–Crippen MR) is 101 cm³/mol. The van der Waals surface area contributed by atoms with E-state index in [0.717, 1.165) is 33.3 Å². The van der Waals surface area contributed by atoms with Gasteiger partial charge in [-0.1, -0.05) is 42.5 Å². The van der Waals surface area contributed by atoms with E-state index in [-0.39, 0.29) is 0 Å². The number of aryl methyl sites for hydroxylation is 2. The van der Waals surface area contributed by atoms with Crippen molar-refractivity contribution in [3.8, 4) is 11.3 Å². The molecule has 0 N–H and O–H groups in total. The average molecular weight is 324 g/mol. The molecule has 4 heteroatoms. The van der Waals surface area contributed by atoms with E-state index in [0.29, 0.717) is 0 Å². The Labute approximate surface area is 144 Å². The molecular weight excluding hydrogens is 308 g/mol. The number of hydrogen-bond donors (Lipinski definition) is 0. The monoisotopic (exact) mass is 324 g/mol. The van der Waals surface area contributed by atoms with Gasteiger partial charge in [0.2, 0.25) is 0 Å². The Morgan fingerprint density at radius 1 is 0.760 bits per heavy atom. The number of rotatable bonds is 1. The van der Waals surface area contributed by atoms with E-state index in [2.05, 4.69) is 64.7 Å². The van der Waals surface area contributed by atoms with E-state index in [1.54, 1.807) is 12.4 Å². The van der Waals surface area contributed by atoms with Crippen LogP contribution in [0.25, 0.3) is 38.8 Å². The van der Waals surface area contributed by atoms with E-state index in [9.17, 15) is 0 Å². The molecule has 25 heavy (non-hydrogen) atoms. The molecule has 0 radical (unpaired) electrons. The second-order valence-electron chi connectivity index (χ2n) is 6.36. The SMILES string of the molecule is Cc1cccc(C)c1-c1cn2c(n1)c1ccccc1c1nccnc12. The zero-order chi connectivity index (χ0) is 17.0. The van der Waals surface area contributed by atoms with E-state index in [1.807, 2.05) is 12.1 Å². The van der Waals surface area contributed by atoms with Gasteiger partial charge in [-0.2, -0.15) is 0 Å². The van der Waals surface area contributed by atoms with Crippen molar-refractivity contribution in [2.75, 3.05) is 0 Å². The van der Waals surface area contributed by atoms with Gasteiger partial charge in [-0.15, -0.1) is 0 Å². The lowest BCUT2D eigenvalue weighted by Crippen LogP contribution is -1.94. The fourth-order valence-corrected chi connectivity index (χ4v) is 3.65. The number of fused-ring (bicyclic) bond motifs is 6. The minimum absolute atomic E-state index is 0.834. The summed E-state index contributed by atoms with van der Waals surface area (Å²) in [7, 11) is 0. The first-order valence-electron chi connectivity index (χ1n) is 8.31. The fraction of sp³-hybridized carbons (Fsp3) is 0.0952. The molecule has 0 aliphatic heterocycles. The first kappa shape index (κ1) is 14.1. The summed E-state index contributed by atoms with van der Waals surface area (Å²) in [5.41, 5.74) is 7.26. The van der Waals surface area contributed by atoms with Crippen LogP contribution in [0.2, 0.25) is 0 Å². The van der Waals surface area contributed by atoms with Gasteiger partial charge in [0.05, 0.1) is 5.69 Å². The standard InChI is InChI=1S/C21H16N4/c1-13-6-5-7-14(2)18(13)17-12-25-20(24-17)16-9-4-3-8-15(16)19-21(25)23-11-10-22-19/h3-12H,1-2H3. The molecule has 0 fully saturated rings. The molecule has 5 aromatic rings. The number of pyridine rings is 1. The molecule has 0 saturated carbocycles. The third kappa shape index (κ3) is 1.97. The van der Waals surface area contributed by atoms with Crippen molar-refractivity contribution in [3.05, 3.63) is 72.2 Å². The summed E-state index contributed by atoms with van der Waals surface area (Å²) >= 11 is 0. The molecule has 3 aromatic heterocycles. The predicted octanol–water partition coefficient (Wildman–Crippen LogP) is 4.71. The first-order valence-corrected chi connectivity index (χ1v) is 8.31. The van der Waals surface area contributed by atoms with Crippen molar-refractivity contribution >= 4 is 27.6 Å². The molecule has 3 heterocycles. The Balaban J connectivity index is 1.98. The third-order valence-electron chi connectivity index (χ3n) is 4.77. The lowest BCUT2D eigenvalue weighted by atomic mass is 10.0. The maximum absolute atomic E-state index is 4.98. The van der Waals surface area contributed by atoms with Crippen molar-refractivity contribution in [2.24, 2.45) is 0 Å². The Morgan fingerprint density at radius 3 is 2.28 bits per heavy atom. The summed E-state index contributed by atoms with van der Waals surface area (Å²) in [6, 6.07) is 14.6. The van der Waals surface area contributed by atoms with Gasteiger partial charge in [0.25, 0.3) is 0 Å². The summed E-state index contributed by atoms with van der Waals surface area (Å²) in [5.74, 6) is 0. The molecule has 4 nitrogen and oxygen atoms in total. The highest BCUT2D eigenvalue weighted by Crippen LogP contribution is 2.31. The van der Waals surface area contributed by atoms with Crippen LogP contribution in [0.15, 0.2) is 61.1 Å². The van der Waals surface area contributed by atoms with Crippen LogP contribution in [0.3, 0.4) is 0 Å². The molecule has 0 spiro atoms. The molecule has 2 aromatic carbocycles. The molecule has 0 bridgehead atoms. The van der Waals surface area contributed by atoms with Crippen LogP contribution in [0.1, 0.15) is 11.1 Å². The van der Waals surface area contributed by atoms with Crippen LogP contribution >= 0.6 is 0 Å². The van der Waals surface area contributed by atoms with Gasteiger partial charge >= 0.3 is 0 Å². The summed E-state index contributed by atoms with van der Waals surface area (Å²) in [6.07, 6.45) is 5.55. The summed E-state index contributed by atoms with van der Waals surface area (Å²) in [5, 5.41) is 2.17. The first-order chi connectivity index (χ1) is 12.2. The fourth-order valence-electron chi connectivity index (χ4n) is 3.65. The summed E-state index contributed by atoms with van der Waals surface area (Å²) < 4.78 is 2.06. The topological polar surface area (TPSA) is 43.1 Å². The molecule has 0 aliphatic carbocycles. The van der Waals surface area contributed by atoms with Crippen molar-refractivity contribution in [1.29, 1.82) is 0 Å².